The largest absolute Gasteiger partial charge is 0.387 e. The Balaban J connectivity index is 2.26. The molecular formula is C6H8O3. The fraction of sp³-hybridized carbons (Fsp3) is 0.667. The van der Waals surface area contributed by atoms with Gasteiger partial charge in [0.25, 0.3) is 0 Å². The highest BCUT2D eigenvalue weighted by molar-refractivity contribution is 5.15. The first-order chi connectivity index (χ1) is 4.29. The Bertz CT molecular complexity index is 138. The number of aliphatic hydroxyl groups is 2. The predicted molar refractivity (Wildman–Crippen MR) is 29.8 cm³/mol. The average Bonchev–Trinajstić information content (AvgIpc) is 2.37. The zero-order valence-corrected chi connectivity index (χ0v) is 4.77. The second kappa shape index (κ2) is 1.56. The summed E-state index contributed by atoms with van der Waals surface area (Å²) in [7, 11) is 0. The quantitative estimate of drug-likeness (QED) is 0.413. The molecule has 2 N–H and O–H groups in total. The molecule has 4 atom stereocenters. The molecule has 0 saturated carbocycles. The Kier molecular flexibility index (Phi) is 0.939. The van der Waals surface area contributed by atoms with E-state index >= 15 is 0 Å². The van der Waals surface area contributed by atoms with Crippen LogP contribution < -0.4 is 0 Å². The summed E-state index contributed by atoms with van der Waals surface area (Å²) in [5.74, 6) is 0. The lowest BCUT2D eigenvalue weighted by Gasteiger charge is -2.13. The van der Waals surface area contributed by atoms with E-state index in [1.807, 2.05) is 0 Å². The Morgan fingerprint density at radius 2 is 1.44 bits per heavy atom. The van der Waals surface area contributed by atoms with Crippen molar-refractivity contribution in [2.45, 2.75) is 24.4 Å². The smallest absolute Gasteiger partial charge is 0.112 e. The van der Waals surface area contributed by atoms with Gasteiger partial charge in [-0.3, -0.25) is 0 Å². The van der Waals surface area contributed by atoms with Crippen molar-refractivity contribution >= 4 is 0 Å². The van der Waals surface area contributed by atoms with Crippen LogP contribution in [0.2, 0.25) is 0 Å². The average molecular weight is 128 g/mol. The zero-order valence-electron chi connectivity index (χ0n) is 4.77. The minimum Gasteiger partial charge on any atom is -0.387 e. The van der Waals surface area contributed by atoms with E-state index in [9.17, 15) is 0 Å². The predicted octanol–water partition coefficient (Wildman–Crippen LogP) is -0.955. The summed E-state index contributed by atoms with van der Waals surface area (Å²) in [6.07, 6.45) is 1.62. The molecule has 50 valence electrons. The molecule has 9 heavy (non-hydrogen) atoms. The molecule has 3 heteroatoms. The van der Waals surface area contributed by atoms with Crippen LogP contribution in [-0.4, -0.2) is 34.6 Å². The summed E-state index contributed by atoms with van der Waals surface area (Å²) in [6.45, 7) is 0. The minimum absolute atomic E-state index is 0.259. The third-order valence-corrected chi connectivity index (χ3v) is 1.83. The van der Waals surface area contributed by atoms with Gasteiger partial charge in [-0.15, -0.1) is 0 Å². The molecule has 0 aromatic rings. The summed E-state index contributed by atoms with van der Waals surface area (Å²) < 4.78 is 5.09. The summed E-state index contributed by atoms with van der Waals surface area (Å²) in [6, 6.07) is 0. The number of hydrogen-bond donors (Lipinski definition) is 2. The lowest BCUT2D eigenvalue weighted by molar-refractivity contribution is 0.0356. The van der Waals surface area contributed by atoms with E-state index in [0.717, 1.165) is 0 Å². The molecule has 2 heterocycles. The molecule has 0 amide bonds. The molecule has 2 aliphatic rings. The van der Waals surface area contributed by atoms with Crippen molar-refractivity contribution < 1.29 is 14.9 Å². The van der Waals surface area contributed by atoms with Crippen LogP contribution in [-0.2, 0) is 4.74 Å². The molecule has 0 radical (unpaired) electrons. The van der Waals surface area contributed by atoms with Crippen LogP contribution in [0.25, 0.3) is 0 Å². The van der Waals surface area contributed by atoms with Gasteiger partial charge in [0.2, 0.25) is 0 Å². The molecule has 0 aromatic heterocycles. The first kappa shape index (κ1) is 5.41. The van der Waals surface area contributed by atoms with Crippen LogP contribution in [0.15, 0.2) is 12.2 Å². The fourth-order valence-electron chi connectivity index (χ4n) is 1.27. The van der Waals surface area contributed by atoms with E-state index in [2.05, 4.69) is 0 Å². The number of rotatable bonds is 0. The first-order valence-corrected chi connectivity index (χ1v) is 2.99. The monoisotopic (exact) mass is 128 g/mol. The SMILES string of the molecule is O[C@@H]1[C@H](O)[C@H]2C=C[C@@H]1O2. The van der Waals surface area contributed by atoms with E-state index in [1.54, 1.807) is 12.2 Å². The summed E-state index contributed by atoms with van der Waals surface area (Å²) >= 11 is 0. The summed E-state index contributed by atoms with van der Waals surface area (Å²) in [5.41, 5.74) is 0. The van der Waals surface area contributed by atoms with Gasteiger partial charge >= 0.3 is 0 Å². The Hall–Kier alpha value is -0.380. The Morgan fingerprint density at radius 1 is 1.00 bits per heavy atom. The number of fused-ring (bicyclic) bond motifs is 2. The van der Waals surface area contributed by atoms with Crippen molar-refractivity contribution in [3.8, 4) is 0 Å². The lowest BCUT2D eigenvalue weighted by atomic mass is 10.0. The topological polar surface area (TPSA) is 49.7 Å². The molecule has 0 spiro atoms. The van der Waals surface area contributed by atoms with Crippen LogP contribution in [0.4, 0.5) is 0 Å². The molecular weight excluding hydrogens is 120 g/mol. The standard InChI is InChI=1S/C6H8O3/c7-5-3-1-2-4(9-3)6(5)8/h1-8H/t3-,4+,5-,6+. The summed E-state index contributed by atoms with van der Waals surface area (Å²) in [4.78, 5) is 0. The second-order valence-electron chi connectivity index (χ2n) is 2.43. The zero-order chi connectivity index (χ0) is 6.43. The van der Waals surface area contributed by atoms with Gasteiger partial charge in [-0.05, 0) is 0 Å². The van der Waals surface area contributed by atoms with E-state index in [-0.39, 0.29) is 12.2 Å². The Labute approximate surface area is 52.6 Å². The molecule has 1 fully saturated rings. The lowest BCUT2D eigenvalue weighted by Crippen LogP contribution is -2.33. The minimum atomic E-state index is -0.708. The molecule has 2 aliphatic heterocycles. The van der Waals surface area contributed by atoms with E-state index in [0.29, 0.717) is 0 Å². The molecule has 2 rings (SSSR count). The number of ether oxygens (including phenoxy) is 1. The van der Waals surface area contributed by atoms with Crippen LogP contribution in [0.5, 0.6) is 0 Å². The van der Waals surface area contributed by atoms with E-state index in [1.165, 1.54) is 0 Å². The van der Waals surface area contributed by atoms with Gasteiger partial charge in [-0.2, -0.15) is 0 Å². The van der Waals surface area contributed by atoms with Crippen LogP contribution in [0.3, 0.4) is 0 Å². The third-order valence-electron chi connectivity index (χ3n) is 1.83. The highest BCUT2D eigenvalue weighted by atomic mass is 16.5. The maximum Gasteiger partial charge on any atom is 0.112 e. The van der Waals surface area contributed by atoms with Crippen molar-refractivity contribution in [3.05, 3.63) is 12.2 Å². The maximum atomic E-state index is 9.06. The number of aliphatic hydroxyl groups excluding tert-OH is 2. The highest BCUT2D eigenvalue weighted by Gasteiger charge is 2.43. The normalized spacial score (nSPS) is 54.9. The van der Waals surface area contributed by atoms with Crippen LogP contribution in [0.1, 0.15) is 0 Å². The highest BCUT2D eigenvalue weighted by Crippen LogP contribution is 2.28. The van der Waals surface area contributed by atoms with Gasteiger partial charge < -0.3 is 14.9 Å². The Morgan fingerprint density at radius 3 is 1.67 bits per heavy atom. The van der Waals surface area contributed by atoms with Crippen LogP contribution in [0, 0.1) is 0 Å². The second-order valence-corrected chi connectivity index (χ2v) is 2.43. The van der Waals surface area contributed by atoms with Gasteiger partial charge in [-0.25, -0.2) is 0 Å². The molecule has 0 unspecified atom stereocenters. The summed E-state index contributed by atoms with van der Waals surface area (Å²) in [5, 5.41) is 18.1. The van der Waals surface area contributed by atoms with Crippen molar-refractivity contribution in [2.24, 2.45) is 0 Å². The first-order valence-electron chi connectivity index (χ1n) is 2.99. The van der Waals surface area contributed by atoms with Crippen molar-refractivity contribution in [1.29, 1.82) is 0 Å². The molecule has 0 aliphatic carbocycles. The van der Waals surface area contributed by atoms with Gasteiger partial charge in [0.05, 0.1) is 0 Å². The molecule has 3 nitrogen and oxygen atoms in total. The van der Waals surface area contributed by atoms with Gasteiger partial charge in [0, 0.05) is 0 Å². The molecule has 0 aromatic carbocycles. The van der Waals surface area contributed by atoms with E-state index < -0.39 is 12.2 Å². The number of hydrogen-bond acceptors (Lipinski definition) is 3. The molecule has 2 bridgehead atoms. The maximum absolute atomic E-state index is 9.06. The fourth-order valence-corrected chi connectivity index (χ4v) is 1.27. The van der Waals surface area contributed by atoms with Gasteiger partial charge in [0.15, 0.2) is 0 Å². The van der Waals surface area contributed by atoms with Gasteiger partial charge in [0.1, 0.15) is 24.4 Å². The van der Waals surface area contributed by atoms with Crippen molar-refractivity contribution in [1.82, 2.24) is 0 Å². The van der Waals surface area contributed by atoms with Crippen LogP contribution >= 0.6 is 0 Å². The van der Waals surface area contributed by atoms with E-state index in [4.69, 9.17) is 14.9 Å². The van der Waals surface area contributed by atoms with Gasteiger partial charge in [-0.1, -0.05) is 12.2 Å². The van der Waals surface area contributed by atoms with Crippen molar-refractivity contribution in [3.63, 3.8) is 0 Å². The molecule has 1 saturated heterocycles. The van der Waals surface area contributed by atoms with Crippen molar-refractivity contribution in [2.75, 3.05) is 0 Å². The third kappa shape index (κ3) is 0.566.